The van der Waals surface area contributed by atoms with E-state index in [9.17, 15) is 4.79 Å². The first-order valence-corrected chi connectivity index (χ1v) is 8.57. The summed E-state index contributed by atoms with van der Waals surface area (Å²) in [6, 6.07) is 8.23. The van der Waals surface area contributed by atoms with Crippen molar-refractivity contribution < 1.29 is 4.79 Å². The Morgan fingerprint density at radius 2 is 2.12 bits per heavy atom. The maximum Gasteiger partial charge on any atom is 0.269 e. The topological polar surface area (TPSA) is 75.6 Å². The van der Waals surface area contributed by atoms with Crippen molar-refractivity contribution in [2.45, 2.75) is 32.2 Å². The lowest BCUT2D eigenvalue weighted by atomic mass is 10.0. The predicted molar refractivity (Wildman–Crippen MR) is 95.1 cm³/mol. The molecule has 0 saturated heterocycles. The van der Waals surface area contributed by atoms with E-state index in [1.54, 1.807) is 16.9 Å². The molecule has 1 amide bonds. The quantitative estimate of drug-likeness (QED) is 0.770. The number of H-pyrrole nitrogens is 1. The summed E-state index contributed by atoms with van der Waals surface area (Å²) in [5, 5.41) is 14.2. The number of fused-ring (bicyclic) bond motifs is 1. The fourth-order valence-electron chi connectivity index (χ4n) is 3.36. The molecular formula is C19H21N5O. The molecule has 25 heavy (non-hydrogen) atoms. The summed E-state index contributed by atoms with van der Waals surface area (Å²) in [4.78, 5) is 12.5. The molecule has 0 spiro atoms. The van der Waals surface area contributed by atoms with Crippen molar-refractivity contribution in [3.05, 3.63) is 59.0 Å². The summed E-state index contributed by atoms with van der Waals surface area (Å²) in [6.07, 6.45) is 7.13. The Bertz CT molecular complexity index is 924. The van der Waals surface area contributed by atoms with Gasteiger partial charge >= 0.3 is 0 Å². The van der Waals surface area contributed by atoms with Crippen LogP contribution in [-0.2, 0) is 19.9 Å². The summed E-state index contributed by atoms with van der Waals surface area (Å²) in [7, 11) is 1.85. The lowest BCUT2D eigenvalue weighted by Crippen LogP contribution is -2.27. The van der Waals surface area contributed by atoms with E-state index in [1.165, 1.54) is 24.0 Å². The summed E-state index contributed by atoms with van der Waals surface area (Å²) in [5.74, 6) is -0.157. The molecule has 6 nitrogen and oxygen atoms in total. The molecule has 2 N–H and O–H groups in total. The number of nitrogens with zero attached hydrogens (tertiary/aromatic N) is 3. The second kappa shape index (κ2) is 6.20. The van der Waals surface area contributed by atoms with Crippen molar-refractivity contribution in [2.24, 2.45) is 7.05 Å². The molecule has 0 aliphatic heterocycles. The van der Waals surface area contributed by atoms with Gasteiger partial charge in [0.05, 0.1) is 17.9 Å². The van der Waals surface area contributed by atoms with Gasteiger partial charge in [-0.1, -0.05) is 18.2 Å². The van der Waals surface area contributed by atoms with E-state index in [2.05, 4.69) is 38.8 Å². The average molecular weight is 335 g/mol. The standard InChI is InChI=1S/C19H21N5O/c1-12(14-7-6-13-4-3-5-15(13)8-14)21-19(25)18-9-17(22-23-18)16-10-20-24(2)11-16/h6-12H,3-5H2,1-2H3,(H,21,25)(H,22,23). The number of carbonyl (C=O) groups excluding carboxylic acids is 1. The van der Waals surface area contributed by atoms with E-state index in [-0.39, 0.29) is 11.9 Å². The van der Waals surface area contributed by atoms with Crippen LogP contribution in [0.25, 0.3) is 11.3 Å². The van der Waals surface area contributed by atoms with E-state index in [4.69, 9.17) is 0 Å². The average Bonchev–Trinajstić information content (AvgIpc) is 3.33. The van der Waals surface area contributed by atoms with Crippen LogP contribution in [-0.4, -0.2) is 25.9 Å². The highest BCUT2D eigenvalue weighted by atomic mass is 16.2. The number of benzene rings is 1. The van der Waals surface area contributed by atoms with Crippen LogP contribution in [0.4, 0.5) is 0 Å². The number of aromatic nitrogens is 4. The van der Waals surface area contributed by atoms with Crippen molar-refractivity contribution in [1.82, 2.24) is 25.3 Å². The Hall–Kier alpha value is -2.89. The minimum atomic E-state index is -0.157. The normalized spacial score (nSPS) is 14.3. The van der Waals surface area contributed by atoms with Gasteiger partial charge in [0.15, 0.2) is 0 Å². The van der Waals surface area contributed by atoms with Gasteiger partial charge in [0.25, 0.3) is 5.91 Å². The van der Waals surface area contributed by atoms with Gasteiger partial charge in [0.1, 0.15) is 5.69 Å². The van der Waals surface area contributed by atoms with Crippen LogP contribution < -0.4 is 5.32 Å². The van der Waals surface area contributed by atoms with Gasteiger partial charge in [-0.2, -0.15) is 10.2 Å². The molecule has 2 heterocycles. The smallest absolute Gasteiger partial charge is 0.269 e. The molecule has 0 fully saturated rings. The second-order valence-electron chi connectivity index (χ2n) is 6.65. The highest BCUT2D eigenvalue weighted by Gasteiger charge is 2.17. The van der Waals surface area contributed by atoms with Crippen LogP contribution in [0.2, 0.25) is 0 Å². The summed E-state index contributed by atoms with van der Waals surface area (Å²) < 4.78 is 1.71. The molecule has 0 radical (unpaired) electrons. The molecule has 1 aromatic carbocycles. The van der Waals surface area contributed by atoms with Gasteiger partial charge < -0.3 is 5.32 Å². The van der Waals surface area contributed by atoms with Gasteiger partial charge in [-0.3, -0.25) is 14.6 Å². The molecule has 0 bridgehead atoms. The number of hydrogen-bond acceptors (Lipinski definition) is 3. The minimum absolute atomic E-state index is 0.0523. The number of amides is 1. The van der Waals surface area contributed by atoms with Crippen LogP contribution in [0.3, 0.4) is 0 Å². The maximum atomic E-state index is 12.5. The molecule has 4 rings (SSSR count). The number of aromatic amines is 1. The molecule has 1 aliphatic rings. The monoisotopic (exact) mass is 335 g/mol. The third-order valence-corrected chi connectivity index (χ3v) is 4.79. The maximum absolute atomic E-state index is 12.5. The van der Waals surface area contributed by atoms with Crippen LogP contribution >= 0.6 is 0 Å². The third kappa shape index (κ3) is 3.07. The van der Waals surface area contributed by atoms with Gasteiger partial charge in [0, 0.05) is 18.8 Å². The lowest BCUT2D eigenvalue weighted by Gasteiger charge is -2.15. The highest BCUT2D eigenvalue weighted by molar-refractivity contribution is 5.93. The molecule has 1 atom stereocenters. The fourth-order valence-corrected chi connectivity index (χ4v) is 3.36. The Labute approximate surface area is 146 Å². The van der Waals surface area contributed by atoms with Crippen LogP contribution in [0, 0.1) is 0 Å². The van der Waals surface area contributed by atoms with E-state index in [1.807, 2.05) is 20.2 Å². The Morgan fingerprint density at radius 1 is 1.28 bits per heavy atom. The number of hydrogen-bond donors (Lipinski definition) is 2. The SMILES string of the molecule is CC(NC(=O)c1cc(-c2cnn(C)c2)n[nH]1)c1ccc2c(c1)CCC2. The first kappa shape index (κ1) is 15.6. The Morgan fingerprint density at radius 3 is 2.92 bits per heavy atom. The minimum Gasteiger partial charge on any atom is -0.344 e. The molecule has 6 heteroatoms. The molecular weight excluding hydrogens is 314 g/mol. The zero-order chi connectivity index (χ0) is 17.4. The largest absolute Gasteiger partial charge is 0.344 e. The van der Waals surface area contributed by atoms with Crippen molar-refractivity contribution >= 4 is 5.91 Å². The zero-order valence-corrected chi connectivity index (χ0v) is 14.4. The van der Waals surface area contributed by atoms with Crippen molar-refractivity contribution in [3.8, 4) is 11.3 Å². The Kier molecular flexibility index (Phi) is 3.87. The zero-order valence-electron chi connectivity index (χ0n) is 14.4. The highest BCUT2D eigenvalue weighted by Crippen LogP contribution is 2.25. The number of rotatable bonds is 4. The molecule has 1 aliphatic carbocycles. The van der Waals surface area contributed by atoms with Crippen LogP contribution in [0.1, 0.15) is 46.6 Å². The van der Waals surface area contributed by atoms with Gasteiger partial charge in [0.2, 0.25) is 0 Å². The second-order valence-corrected chi connectivity index (χ2v) is 6.65. The molecule has 2 aromatic heterocycles. The number of aryl methyl sites for hydroxylation is 3. The van der Waals surface area contributed by atoms with Gasteiger partial charge in [-0.05, 0) is 48.9 Å². The van der Waals surface area contributed by atoms with Crippen LogP contribution in [0.15, 0.2) is 36.7 Å². The molecule has 1 unspecified atom stereocenters. The van der Waals surface area contributed by atoms with E-state index < -0.39 is 0 Å². The van der Waals surface area contributed by atoms with E-state index in [0.717, 1.165) is 17.5 Å². The van der Waals surface area contributed by atoms with Gasteiger partial charge in [-0.15, -0.1) is 0 Å². The van der Waals surface area contributed by atoms with Crippen molar-refractivity contribution in [2.75, 3.05) is 0 Å². The van der Waals surface area contributed by atoms with Gasteiger partial charge in [-0.25, -0.2) is 0 Å². The number of nitrogens with one attached hydrogen (secondary N) is 2. The lowest BCUT2D eigenvalue weighted by molar-refractivity contribution is 0.0935. The van der Waals surface area contributed by atoms with E-state index in [0.29, 0.717) is 11.4 Å². The van der Waals surface area contributed by atoms with Crippen molar-refractivity contribution in [1.29, 1.82) is 0 Å². The summed E-state index contributed by atoms with van der Waals surface area (Å²) in [5.41, 5.74) is 6.04. The van der Waals surface area contributed by atoms with E-state index >= 15 is 0 Å². The predicted octanol–water partition coefficient (Wildman–Crippen LogP) is 2.79. The first-order valence-electron chi connectivity index (χ1n) is 8.57. The molecule has 128 valence electrons. The van der Waals surface area contributed by atoms with Crippen LogP contribution in [0.5, 0.6) is 0 Å². The molecule has 0 saturated carbocycles. The summed E-state index contributed by atoms with van der Waals surface area (Å²) >= 11 is 0. The Balaban J connectivity index is 1.47. The fraction of sp³-hybridized carbons (Fsp3) is 0.316. The first-order chi connectivity index (χ1) is 12.1. The molecule has 3 aromatic rings. The summed E-state index contributed by atoms with van der Waals surface area (Å²) in [6.45, 7) is 2.01. The third-order valence-electron chi connectivity index (χ3n) is 4.79. The van der Waals surface area contributed by atoms with Crippen molar-refractivity contribution in [3.63, 3.8) is 0 Å². The number of carbonyl (C=O) groups is 1.